The maximum absolute atomic E-state index is 12.5. The lowest BCUT2D eigenvalue weighted by molar-refractivity contribution is 0.408. The van der Waals surface area contributed by atoms with Crippen LogP contribution in [0.2, 0.25) is 0 Å². The van der Waals surface area contributed by atoms with E-state index in [0.717, 1.165) is 30.5 Å². The Kier molecular flexibility index (Phi) is 5.16. The molecule has 0 bridgehead atoms. The average Bonchev–Trinajstić information content (AvgIpc) is 3.19. The Balaban J connectivity index is 1.79. The minimum Gasteiger partial charge on any atom is -0.494 e. The summed E-state index contributed by atoms with van der Waals surface area (Å²) in [7, 11) is 0. The molecule has 4 rings (SSSR count). The van der Waals surface area contributed by atoms with Crippen molar-refractivity contribution in [2.45, 2.75) is 39.2 Å². The van der Waals surface area contributed by atoms with Crippen molar-refractivity contribution in [1.29, 1.82) is 0 Å². The molecule has 0 amide bonds. The summed E-state index contributed by atoms with van der Waals surface area (Å²) in [6.07, 6.45) is 3.71. The summed E-state index contributed by atoms with van der Waals surface area (Å²) in [4.78, 5) is 31.8. The topological polar surface area (TPSA) is 87.4 Å². The van der Waals surface area contributed by atoms with E-state index in [-0.39, 0.29) is 18.0 Å². The molecule has 0 spiro atoms. The number of nitrogens with zero attached hydrogens (tertiary/aromatic N) is 2. The highest BCUT2D eigenvalue weighted by molar-refractivity contribution is 6.03. The number of H-pyrrole nitrogens is 1. The van der Waals surface area contributed by atoms with E-state index in [1.807, 2.05) is 49.4 Å². The highest BCUT2D eigenvalue weighted by atomic mass is 16.3. The van der Waals surface area contributed by atoms with Crippen LogP contribution < -0.4 is 11.2 Å². The van der Waals surface area contributed by atoms with Gasteiger partial charge in [-0.05, 0) is 54.5 Å². The first-order valence-corrected chi connectivity index (χ1v) is 9.86. The number of aromatic amines is 1. The van der Waals surface area contributed by atoms with Crippen LogP contribution in [0.25, 0.3) is 0 Å². The van der Waals surface area contributed by atoms with Crippen molar-refractivity contribution in [2.24, 2.45) is 4.99 Å². The zero-order chi connectivity index (χ0) is 20.4. The third-order valence-corrected chi connectivity index (χ3v) is 5.33. The number of fused-ring (bicyclic) bond motifs is 1. The smallest absolute Gasteiger partial charge is 0.331 e. The van der Waals surface area contributed by atoms with Crippen molar-refractivity contribution >= 4 is 11.4 Å². The van der Waals surface area contributed by atoms with Crippen LogP contribution in [0.15, 0.2) is 63.1 Å². The molecule has 0 unspecified atom stereocenters. The molecule has 1 aliphatic rings. The van der Waals surface area contributed by atoms with Crippen LogP contribution in [0.5, 0.6) is 5.88 Å². The number of benzene rings is 2. The van der Waals surface area contributed by atoms with Crippen LogP contribution in [0, 0.1) is 0 Å². The predicted octanol–water partition coefficient (Wildman–Crippen LogP) is 3.31. The monoisotopic (exact) mass is 389 g/mol. The number of hydrogen-bond donors (Lipinski definition) is 2. The standard InChI is InChI=1S/C23H23N3O3/c1-2-19(24-18-12-11-16-9-6-10-17(16)13-18)20-21(27)25-23(29)26(22(20)28)14-15-7-4-3-5-8-15/h3-5,7-8,11-13,28H,2,6,9-10,14H2,1H3,(H,25,27,29). The molecule has 2 aromatic carbocycles. The van der Waals surface area contributed by atoms with Gasteiger partial charge in [-0.15, -0.1) is 0 Å². The molecule has 0 aliphatic heterocycles. The molecule has 29 heavy (non-hydrogen) atoms. The normalized spacial score (nSPS) is 13.5. The highest BCUT2D eigenvalue weighted by Crippen LogP contribution is 2.27. The van der Waals surface area contributed by atoms with Crippen LogP contribution in [-0.4, -0.2) is 20.4 Å². The first-order chi connectivity index (χ1) is 14.1. The Hall–Kier alpha value is -3.41. The summed E-state index contributed by atoms with van der Waals surface area (Å²) in [5.74, 6) is -0.357. The molecule has 0 atom stereocenters. The van der Waals surface area contributed by atoms with E-state index in [4.69, 9.17) is 0 Å². The lowest BCUT2D eigenvalue weighted by Crippen LogP contribution is -2.34. The first kappa shape index (κ1) is 18.9. The van der Waals surface area contributed by atoms with Gasteiger partial charge in [-0.2, -0.15) is 0 Å². The molecule has 1 aromatic heterocycles. The largest absolute Gasteiger partial charge is 0.494 e. The number of nitrogens with one attached hydrogen (secondary N) is 1. The number of rotatable bonds is 5. The highest BCUT2D eigenvalue weighted by Gasteiger charge is 2.19. The Morgan fingerprint density at radius 1 is 1.10 bits per heavy atom. The number of aliphatic imine (C=N–C) groups is 1. The predicted molar refractivity (Wildman–Crippen MR) is 113 cm³/mol. The molecule has 148 valence electrons. The minimum atomic E-state index is -0.645. The van der Waals surface area contributed by atoms with Gasteiger partial charge in [0.25, 0.3) is 5.56 Å². The molecular formula is C23H23N3O3. The van der Waals surface area contributed by atoms with Crippen LogP contribution >= 0.6 is 0 Å². The number of aromatic hydroxyl groups is 1. The molecule has 1 heterocycles. The molecule has 3 aromatic rings. The number of hydrogen-bond acceptors (Lipinski definition) is 4. The summed E-state index contributed by atoms with van der Waals surface area (Å²) in [5.41, 5.74) is 3.45. The van der Waals surface area contributed by atoms with Crippen molar-refractivity contribution in [3.8, 4) is 5.88 Å². The zero-order valence-corrected chi connectivity index (χ0v) is 16.3. The number of aryl methyl sites for hydroxylation is 2. The first-order valence-electron chi connectivity index (χ1n) is 9.86. The van der Waals surface area contributed by atoms with Gasteiger partial charge in [-0.1, -0.05) is 43.3 Å². The van der Waals surface area contributed by atoms with E-state index in [2.05, 4.69) is 16.0 Å². The molecule has 0 saturated heterocycles. The Morgan fingerprint density at radius 3 is 2.62 bits per heavy atom. The second-order valence-electron chi connectivity index (χ2n) is 7.25. The van der Waals surface area contributed by atoms with Crippen molar-refractivity contribution in [2.75, 3.05) is 0 Å². The summed E-state index contributed by atoms with van der Waals surface area (Å²) >= 11 is 0. The summed E-state index contributed by atoms with van der Waals surface area (Å²) < 4.78 is 1.17. The van der Waals surface area contributed by atoms with Crippen LogP contribution in [0.1, 0.15) is 42.0 Å². The third kappa shape index (κ3) is 3.78. The second kappa shape index (κ2) is 7.91. The molecule has 6 nitrogen and oxygen atoms in total. The lowest BCUT2D eigenvalue weighted by atomic mass is 10.1. The van der Waals surface area contributed by atoms with Gasteiger partial charge in [0, 0.05) is 0 Å². The van der Waals surface area contributed by atoms with Gasteiger partial charge in [0.1, 0.15) is 5.56 Å². The SMILES string of the molecule is CCC(=Nc1ccc2c(c1)CCC2)c1c(O)n(Cc2ccccc2)c(=O)[nH]c1=O. The van der Waals surface area contributed by atoms with E-state index in [1.165, 1.54) is 15.7 Å². The molecule has 0 fully saturated rings. The summed E-state index contributed by atoms with van der Waals surface area (Å²) in [5, 5.41) is 10.8. The second-order valence-corrected chi connectivity index (χ2v) is 7.25. The summed E-state index contributed by atoms with van der Waals surface area (Å²) in [6.45, 7) is 2.03. The van der Waals surface area contributed by atoms with Crippen molar-refractivity contribution in [3.63, 3.8) is 0 Å². The fourth-order valence-electron chi connectivity index (χ4n) is 3.83. The van der Waals surface area contributed by atoms with E-state index in [0.29, 0.717) is 12.1 Å². The molecular weight excluding hydrogens is 366 g/mol. The van der Waals surface area contributed by atoms with E-state index in [1.54, 1.807) is 0 Å². The van der Waals surface area contributed by atoms with Gasteiger partial charge in [0.05, 0.1) is 17.9 Å². The fourth-order valence-corrected chi connectivity index (χ4v) is 3.83. The summed E-state index contributed by atoms with van der Waals surface area (Å²) in [6, 6.07) is 15.4. The molecule has 6 heteroatoms. The Labute approximate surface area is 168 Å². The fraction of sp³-hybridized carbons (Fsp3) is 0.261. The minimum absolute atomic E-state index is 0.0449. The lowest BCUT2D eigenvalue weighted by Gasteiger charge is -2.13. The van der Waals surface area contributed by atoms with Gasteiger partial charge in [-0.25, -0.2) is 4.79 Å². The van der Waals surface area contributed by atoms with Gasteiger partial charge in [0.15, 0.2) is 0 Å². The van der Waals surface area contributed by atoms with Gasteiger partial charge < -0.3 is 5.11 Å². The van der Waals surface area contributed by atoms with Gasteiger partial charge >= 0.3 is 5.69 Å². The molecule has 1 aliphatic carbocycles. The van der Waals surface area contributed by atoms with Crippen LogP contribution in [-0.2, 0) is 19.4 Å². The average molecular weight is 389 g/mol. The van der Waals surface area contributed by atoms with Crippen LogP contribution in [0.4, 0.5) is 5.69 Å². The zero-order valence-electron chi connectivity index (χ0n) is 16.3. The Bertz CT molecular complexity index is 1190. The van der Waals surface area contributed by atoms with Crippen molar-refractivity contribution in [3.05, 3.63) is 91.6 Å². The molecule has 0 saturated carbocycles. The van der Waals surface area contributed by atoms with Crippen LogP contribution in [0.3, 0.4) is 0 Å². The Morgan fingerprint density at radius 2 is 1.86 bits per heavy atom. The quantitative estimate of drug-likeness (QED) is 0.656. The van der Waals surface area contributed by atoms with Gasteiger partial charge in [0.2, 0.25) is 5.88 Å². The van der Waals surface area contributed by atoms with Gasteiger partial charge in [-0.3, -0.25) is 19.3 Å². The van der Waals surface area contributed by atoms with E-state index < -0.39 is 11.2 Å². The van der Waals surface area contributed by atoms with Crippen molar-refractivity contribution in [1.82, 2.24) is 9.55 Å². The molecule has 0 radical (unpaired) electrons. The number of aromatic nitrogens is 2. The maximum Gasteiger partial charge on any atom is 0.331 e. The maximum atomic E-state index is 12.5. The third-order valence-electron chi connectivity index (χ3n) is 5.33. The van der Waals surface area contributed by atoms with E-state index in [9.17, 15) is 14.7 Å². The van der Waals surface area contributed by atoms with E-state index >= 15 is 0 Å². The molecule has 2 N–H and O–H groups in total. The van der Waals surface area contributed by atoms with Crippen molar-refractivity contribution < 1.29 is 5.11 Å².